The van der Waals surface area contributed by atoms with Gasteiger partial charge in [-0.3, -0.25) is 10.1 Å². The summed E-state index contributed by atoms with van der Waals surface area (Å²) in [5, 5.41) is 14.1. The second kappa shape index (κ2) is 6.85. The molecule has 1 aromatic carbocycles. The fourth-order valence-corrected chi connectivity index (χ4v) is 1.88. The maximum absolute atomic E-state index is 10.9. The van der Waals surface area contributed by atoms with E-state index in [0.29, 0.717) is 23.8 Å². The molecule has 0 aliphatic heterocycles. The number of nitrogens with zero attached hydrogens (tertiary/aromatic N) is 2. The average molecular weight is 291 g/mol. The Morgan fingerprint density at radius 3 is 2.95 bits per heavy atom. The number of oxazole rings is 1. The molecule has 0 fully saturated rings. The minimum atomic E-state index is -0.483. The van der Waals surface area contributed by atoms with Crippen LogP contribution in [0.2, 0.25) is 0 Å². The van der Waals surface area contributed by atoms with E-state index in [1.54, 1.807) is 18.3 Å². The van der Waals surface area contributed by atoms with Crippen LogP contribution in [0.3, 0.4) is 0 Å². The lowest BCUT2D eigenvalue weighted by molar-refractivity contribution is -0.385. The first kappa shape index (κ1) is 15.0. The highest BCUT2D eigenvalue weighted by Crippen LogP contribution is 2.32. The minimum Gasteiger partial charge on any atom is -0.490 e. The van der Waals surface area contributed by atoms with E-state index < -0.39 is 4.92 Å². The van der Waals surface area contributed by atoms with Gasteiger partial charge < -0.3 is 14.5 Å². The first-order valence-electron chi connectivity index (χ1n) is 6.64. The number of aromatic nitrogens is 1. The Morgan fingerprint density at radius 1 is 1.48 bits per heavy atom. The predicted molar refractivity (Wildman–Crippen MR) is 77.1 cm³/mol. The molecule has 0 aliphatic rings. The average Bonchev–Trinajstić information content (AvgIpc) is 2.95. The van der Waals surface area contributed by atoms with Crippen molar-refractivity contribution in [2.75, 3.05) is 13.7 Å². The highest BCUT2D eigenvalue weighted by Gasteiger charge is 2.16. The Kier molecular flexibility index (Phi) is 4.89. The number of rotatable bonds is 7. The van der Waals surface area contributed by atoms with E-state index in [9.17, 15) is 10.1 Å². The summed E-state index contributed by atoms with van der Waals surface area (Å²) in [6.07, 6.45) is 2.64. The van der Waals surface area contributed by atoms with E-state index in [1.807, 2.05) is 0 Å². The Hall–Kier alpha value is -2.41. The van der Waals surface area contributed by atoms with Gasteiger partial charge in [-0.2, -0.15) is 0 Å². The first-order valence-corrected chi connectivity index (χ1v) is 6.64. The molecule has 2 rings (SSSR count). The van der Waals surface area contributed by atoms with Crippen LogP contribution in [0.4, 0.5) is 5.69 Å². The molecule has 1 heterocycles. The van der Waals surface area contributed by atoms with Crippen LogP contribution in [0.1, 0.15) is 19.2 Å². The zero-order valence-electron chi connectivity index (χ0n) is 12.0. The maximum atomic E-state index is 10.9. The Bertz CT molecular complexity index is 624. The molecule has 7 heteroatoms. The molecule has 0 aliphatic carbocycles. The minimum absolute atomic E-state index is 0.0781. The fraction of sp³-hybridized carbons (Fsp3) is 0.357. The van der Waals surface area contributed by atoms with E-state index in [4.69, 9.17) is 9.15 Å². The van der Waals surface area contributed by atoms with Crippen LogP contribution >= 0.6 is 0 Å². The van der Waals surface area contributed by atoms with Crippen LogP contribution in [0, 0.1) is 10.1 Å². The third kappa shape index (κ3) is 3.57. The topological polar surface area (TPSA) is 90.4 Å². The van der Waals surface area contributed by atoms with E-state index >= 15 is 0 Å². The van der Waals surface area contributed by atoms with Crippen LogP contribution in [0.25, 0.3) is 11.3 Å². The maximum Gasteiger partial charge on any atom is 0.310 e. The quantitative estimate of drug-likeness (QED) is 0.479. The summed E-state index contributed by atoms with van der Waals surface area (Å²) in [7, 11) is 1.40. The summed E-state index contributed by atoms with van der Waals surface area (Å²) in [5.74, 6) is 1.33. The molecule has 0 saturated carbocycles. The molecule has 0 atom stereocenters. The lowest BCUT2D eigenvalue weighted by Gasteiger charge is -2.03. The first-order chi connectivity index (χ1) is 10.2. The Morgan fingerprint density at radius 2 is 2.29 bits per heavy atom. The summed E-state index contributed by atoms with van der Waals surface area (Å²) in [6, 6.07) is 4.58. The summed E-state index contributed by atoms with van der Waals surface area (Å²) >= 11 is 0. The number of nitrogens with one attached hydrogen (secondary N) is 1. The standard InChI is InChI=1S/C14H17N3O4/c1-3-6-15-9-14-16-8-13(21-14)10-4-5-11(17(18)19)12(7-10)20-2/h4-5,7-8,15H,3,6,9H2,1-2H3. The van der Waals surface area contributed by atoms with E-state index in [0.717, 1.165) is 13.0 Å². The lowest BCUT2D eigenvalue weighted by atomic mass is 10.1. The van der Waals surface area contributed by atoms with Gasteiger partial charge in [0.1, 0.15) is 0 Å². The van der Waals surface area contributed by atoms with Crippen LogP contribution < -0.4 is 10.1 Å². The van der Waals surface area contributed by atoms with Crippen molar-refractivity contribution in [1.29, 1.82) is 0 Å². The zero-order valence-corrected chi connectivity index (χ0v) is 12.0. The molecule has 0 unspecified atom stereocenters. The molecular formula is C14H17N3O4. The van der Waals surface area contributed by atoms with E-state index in [2.05, 4.69) is 17.2 Å². The van der Waals surface area contributed by atoms with Crippen molar-refractivity contribution in [2.24, 2.45) is 0 Å². The lowest BCUT2D eigenvalue weighted by Crippen LogP contribution is -2.13. The number of methoxy groups -OCH3 is 1. The largest absolute Gasteiger partial charge is 0.490 e. The number of hydrogen-bond acceptors (Lipinski definition) is 6. The van der Waals surface area contributed by atoms with Gasteiger partial charge in [0.25, 0.3) is 0 Å². The molecule has 0 amide bonds. The van der Waals surface area contributed by atoms with Crippen molar-refractivity contribution in [3.05, 3.63) is 40.4 Å². The van der Waals surface area contributed by atoms with Gasteiger partial charge in [-0.05, 0) is 25.1 Å². The second-order valence-electron chi connectivity index (χ2n) is 4.44. The monoisotopic (exact) mass is 291 g/mol. The highest BCUT2D eigenvalue weighted by molar-refractivity contribution is 5.63. The molecule has 0 radical (unpaired) electrons. The van der Waals surface area contributed by atoms with Crippen molar-refractivity contribution < 1.29 is 14.1 Å². The van der Waals surface area contributed by atoms with E-state index in [-0.39, 0.29) is 11.4 Å². The fourth-order valence-electron chi connectivity index (χ4n) is 1.88. The molecule has 0 saturated heterocycles. The van der Waals surface area contributed by atoms with Crippen molar-refractivity contribution in [1.82, 2.24) is 10.3 Å². The van der Waals surface area contributed by atoms with Gasteiger partial charge in [0, 0.05) is 11.6 Å². The van der Waals surface area contributed by atoms with Gasteiger partial charge in [-0.25, -0.2) is 4.98 Å². The summed E-state index contributed by atoms with van der Waals surface area (Å²) < 4.78 is 10.7. The number of benzene rings is 1. The van der Waals surface area contributed by atoms with Gasteiger partial charge in [0.15, 0.2) is 11.5 Å². The van der Waals surface area contributed by atoms with Gasteiger partial charge in [0.2, 0.25) is 5.89 Å². The number of nitro groups is 1. The van der Waals surface area contributed by atoms with Gasteiger partial charge >= 0.3 is 5.69 Å². The predicted octanol–water partition coefficient (Wildman–Crippen LogP) is 2.76. The van der Waals surface area contributed by atoms with Crippen molar-refractivity contribution >= 4 is 5.69 Å². The van der Waals surface area contributed by atoms with Gasteiger partial charge in [-0.15, -0.1) is 0 Å². The Labute approximate surface area is 122 Å². The molecule has 21 heavy (non-hydrogen) atoms. The van der Waals surface area contributed by atoms with Crippen molar-refractivity contribution in [3.8, 4) is 17.1 Å². The molecule has 1 N–H and O–H groups in total. The van der Waals surface area contributed by atoms with Gasteiger partial charge in [-0.1, -0.05) is 6.92 Å². The summed E-state index contributed by atoms with van der Waals surface area (Å²) in [5.41, 5.74) is 0.609. The number of nitro benzene ring substituents is 1. The molecule has 0 bridgehead atoms. The smallest absolute Gasteiger partial charge is 0.310 e. The van der Waals surface area contributed by atoms with Crippen LogP contribution in [0.15, 0.2) is 28.8 Å². The number of hydrogen-bond donors (Lipinski definition) is 1. The third-order valence-electron chi connectivity index (χ3n) is 2.92. The molecule has 112 valence electrons. The van der Waals surface area contributed by atoms with Gasteiger partial charge in [0.05, 0.1) is 24.8 Å². The number of ether oxygens (including phenoxy) is 1. The van der Waals surface area contributed by atoms with Crippen LogP contribution in [-0.4, -0.2) is 23.6 Å². The molecule has 1 aromatic heterocycles. The SMILES string of the molecule is CCCNCc1ncc(-c2ccc([N+](=O)[O-])c(OC)c2)o1. The molecule has 7 nitrogen and oxygen atoms in total. The van der Waals surface area contributed by atoms with E-state index in [1.165, 1.54) is 13.2 Å². The third-order valence-corrected chi connectivity index (χ3v) is 2.92. The normalized spacial score (nSPS) is 10.6. The van der Waals surface area contributed by atoms with Crippen molar-refractivity contribution in [2.45, 2.75) is 19.9 Å². The zero-order chi connectivity index (χ0) is 15.2. The van der Waals surface area contributed by atoms with Crippen LogP contribution in [0.5, 0.6) is 5.75 Å². The molecule has 2 aromatic rings. The highest BCUT2D eigenvalue weighted by atomic mass is 16.6. The molecular weight excluding hydrogens is 274 g/mol. The second-order valence-corrected chi connectivity index (χ2v) is 4.44. The molecule has 0 spiro atoms. The summed E-state index contributed by atoms with van der Waals surface area (Å²) in [6.45, 7) is 3.53. The summed E-state index contributed by atoms with van der Waals surface area (Å²) in [4.78, 5) is 14.6. The van der Waals surface area contributed by atoms with Crippen molar-refractivity contribution in [3.63, 3.8) is 0 Å². The van der Waals surface area contributed by atoms with Crippen LogP contribution in [-0.2, 0) is 6.54 Å². The Balaban J connectivity index is 2.20.